The van der Waals surface area contributed by atoms with Crippen LogP contribution in [-0.4, -0.2) is 29.8 Å². The molecule has 1 saturated heterocycles. The number of thioether (sulfide) groups is 1. The van der Waals surface area contributed by atoms with E-state index < -0.39 is 0 Å². The number of urea groups is 1. The summed E-state index contributed by atoms with van der Waals surface area (Å²) in [4.78, 5) is 24.9. The molecule has 1 aromatic carbocycles. The Hall–Kier alpha value is -1.69. The van der Waals surface area contributed by atoms with Crippen molar-refractivity contribution in [3.8, 4) is 5.75 Å². The summed E-state index contributed by atoms with van der Waals surface area (Å²) in [7, 11) is 0. The average molecular weight is 487 g/mol. The number of hydrogen-bond donors (Lipinski definition) is 2. The molecule has 0 bridgehead atoms. The van der Waals surface area contributed by atoms with Crippen LogP contribution in [0, 0.1) is 11.8 Å². The summed E-state index contributed by atoms with van der Waals surface area (Å²) in [6, 6.07) is 8.10. The minimum atomic E-state index is -0.333. The Bertz CT molecular complexity index is 764. The first-order valence-corrected chi connectivity index (χ1v) is 14.6. The van der Waals surface area contributed by atoms with Gasteiger partial charge in [-0.05, 0) is 74.6 Å². The number of nitrogens with one attached hydrogen (secondary N) is 2. The molecule has 1 atom stereocenters. The van der Waals surface area contributed by atoms with E-state index in [1.807, 2.05) is 11.8 Å². The molecule has 1 aromatic rings. The van der Waals surface area contributed by atoms with Crippen LogP contribution in [0.2, 0.25) is 0 Å². The third kappa shape index (κ3) is 7.93. The largest absolute Gasteiger partial charge is 0.493 e. The number of rotatable bonds is 6. The van der Waals surface area contributed by atoms with Crippen molar-refractivity contribution < 1.29 is 14.3 Å². The van der Waals surface area contributed by atoms with Crippen molar-refractivity contribution in [2.45, 2.75) is 112 Å². The molecule has 1 aliphatic heterocycles. The first-order chi connectivity index (χ1) is 16.7. The van der Waals surface area contributed by atoms with Crippen molar-refractivity contribution in [3.63, 3.8) is 0 Å². The molecule has 2 aliphatic carbocycles. The van der Waals surface area contributed by atoms with Crippen molar-refractivity contribution >= 4 is 23.7 Å². The molecule has 3 aliphatic rings. The second-order valence-corrected chi connectivity index (χ2v) is 11.9. The first-order valence-electron chi connectivity index (χ1n) is 13.7. The van der Waals surface area contributed by atoms with Crippen molar-refractivity contribution in [3.05, 3.63) is 24.3 Å². The summed E-state index contributed by atoms with van der Waals surface area (Å²) >= 11 is 2.01. The van der Waals surface area contributed by atoms with Crippen LogP contribution in [0.3, 0.4) is 0 Å². The maximum atomic E-state index is 12.1. The molecular formula is C28H42N2O3S. The molecule has 6 heteroatoms. The Morgan fingerprint density at radius 2 is 1.35 bits per heavy atom. The summed E-state index contributed by atoms with van der Waals surface area (Å²) in [6.45, 7) is 0.863. The quantitative estimate of drug-likeness (QED) is 0.432. The van der Waals surface area contributed by atoms with Crippen LogP contribution in [0.15, 0.2) is 29.2 Å². The topological polar surface area (TPSA) is 67.4 Å². The summed E-state index contributed by atoms with van der Waals surface area (Å²) in [5, 5.41) is 5.86. The third-order valence-corrected chi connectivity index (χ3v) is 9.17. The van der Waals surface area contributed by atoms with E-state index in [1.54, 1.807) is 0 Å². The Kier molecular flexibility index (Phi) is 10.0. The molecule has 1 heterocycles. The van der Waals surface area contributed by atoms with Crippen LogP contribution < -0.4 is 15.4 Å². The normalized spacial score (nSPS) is 27.8. The highest BCUT2D eigenvalue weighted by molar-refractivity contribution is 8.00. The monoisotopic (exact) mass is 486 g/mol. The predicted molar refractivity (Wildman–Crippen MR) is 138 cm³/mol. The van der Waals surface area contributed by atoms with Gasteiger partial charge in [-0.2, -0.15) is 0 Å². The highest BCUT2D eigenvalue weighted by Gasteiger charge is 2.35. The third-order valence-electron chi connectivity index (χ3n) is 7.82. The van der Waals surface area contributed by atoms with Gasteiger partial charge in [0.25, 0.3) is 5.91 Å². The number of imide groups is 1. The Morgan fingerprint density at radius 3 is 1.97 bits per heavy atom. The smallest absolute Gasteiger partial charge is 0.322 e. The average Bonchev–Trinajstić information content (AvgIpc) is 3.16. The van der Waals surface area contributed by atoms with Crippen molar-refractivity contribution in [2.24, 2.45) is 11.8 Å². The number of amides is 3. The lowest BCUT2D eigenvalue weighted by Gasteiger charge is -2.24. The lowest BCUT2D eigenvalue weighted by Crippen LogP contribution is -2.37. The minimum absolute atomic E-state index is 0.141. The second-order valence-electron chi connectivity index (χ2n) is 10.5. The van der Waals surface area contributed by atoms with Crippen LogP contribution in [0.25, 0.3) is 0 Å². The number of benzene rings is 1. The number of carbonyl (C=O) groups is 2. The molecule has 34 heavy (non-hydrogen) atoms. The Labute approximate surface area is 209 Å². The summed E-state index contributed by atoms with van der Waals surface area (Å²) < 4.78 is 6.16. The predicted octanol–water partition coefficient (Wildman–Crippen LogP) is 6.85. The molecule has 3 fully saturated rings. The van der Waals surface area contributed by atoms with E-state index in [9.17, 15) is 9.59 Å². The van der Waals surface area contributed by atoms with Gasteiger partial charge in [0.15, 0.2) is 0 Å². The molecule has 188 valence electrons. The van der Waals surface area contributed by atoms with E-state index in [-0.39, 0.29) is 23.9 Å². The lowest BCUT2D eigenvalue weighted by molar-refractivity contribution is -0.121. The fraction of sp³-hybridized carbons (Fsp3) is 0.714. The van der Waals surface area contributed by atoms with Gasteiger partial charge in [-0.3, -0.25) is 10.1 Å². The molecule has 0 radical (unpaired) electrons. The maximum absolute atomic E-state index is 12.1. The van der Waals surface area contributed by atoms with Gasteiger partial charge in [-0.25, -0.2) is 4.79 Å². The molecule has 4 rings (SSSR count). The van der Waals surface area contributed by atoms with E-state index in [0.29, 0.717) is 5.25 Å². The molecule has 2 N–H and O–H groups in total. The highest BCUT2D eigenvalue weighted by Crippen LogP contribution is 2.34. The van der Waals surface area contributed by atoms with Crippen molar-refractivity contribution in [1.82, 2.24) is 10.6 Å². The van der Waals surface area contributed by atoms with Gasteiger partial charge >= 0.3 is 6.03 Å². The molecule has 0 spiro atoms. The highest BCUT2D eigenvalue weighted by atomic mass is 32.2. The number of hydrogen-bond acceptors (Lipinski definition) is 4. The van der Waals surface area contributed by atoms with Crippen molar-refractivity contribution in [2.75, 3.05) is 6.61 Å². The van der Waals surface area contributed by atoms with Crippen LogP contribution >= 0.6 is 11.8 Å². The van der Waals surface area contributed by atoms with E-state index in [4.69, 9.17) is 4.74 Å². The van der Waals surface area contributed by atoms with Gasteiger partial charge in [-0.1, -0.05) is 57.8 Å². The zero-order valence-corrected chi connectivity index (χ0v) is 21.4. The van der Waals surface area contributed by atoms with Crippen LogP contribution in [0.4, 0.5) is 4.79 Å². The van der Waals surface area contributed by atoms with Crippen molar-refractivity contribution in [1.29, 1.82) is 0 Å². The second kappa shape index (κ2) is 13.4. The van der Waals surface area contributed by atoms with Gasteiger partial charge in [-0.15, -0.1) is 11.8 Å². The van der Waals surface area contributed by atoms with Crippen LogP contribution in [0.1, 0.15) is 96.3 Å². The minimum Gasteiger partial charge on any atom is -0.493 e. The standard InChI is InChI=1S/C28H42N2O3S/c31-27-26(29-28(32)30-27)22-12-6-8-14-24(15-9-7-13-22)34-25-18-16-23(17-19-25)33-20-21-10-4-2-1-3-5-11-21/h16-19,21-22,24,26H,1-15,20H2,(H2,29,30,31,32). The van der Waals surface area contributed by atoms with Gasteiger partial charge in [0.1, 0.15) is 11.8 Å². The summed E-state index contributed by atoms with van der Waals surface area (Å²) in [5.41, 5.74) is 0. The molecule has 2 saturated carbocycles. The van der Waals surface area contributed by atoms with Gasteiger partial charge in [0, 0.05) is 10.1 Å². The molecule has 3 amide bonds. The lowest BCUT2D eigenvalue weighted by atomic mass is 9.87. The summed E-state index contributed by atoms with van der Waals surface area (Å²) in [6.07, 6.45) is 18.6. The number of ether oxygens (including phenoxy) is 1. The molecule has 5 nitrogen and oxygen atoms in total. The number of carbonyl (C=O) groups excluding carboxylic acids is 2. The maximum Gasteiger partial charge on any atom is 0.322 e. The zero-order valence-electron chi connectivity index (χ0n) is 20.6. The van der Waals surface area contributed by atoms with E-state index >= 15 is 0 Å². The molecule has 1 unspecified atom stereocenters. The fourth-order valence-corrected chi connectivity index (χ4v) is 7.04. The summed E-state index contributed by atoms with van der Waals surface area (Å²) in [5.74, 6) is 1.85. The van der Waals surface area contributed by atoms with Gasteiger partial charge < -0.3 is 10.1 Å². The van der Waals surface area contributed by atoms with Crippen LogP contribution in [-0.2, 0) is 4.79 Å². The SMILES string of the molecule is O=C1NC(=O)C(C2CCCCC(Sc3ccc(OCC4CCCCCCC4)cc3)CCCC2)N1. The van der Waals surface area contributed by atoms with Crippen LogP contribution in [0.5, 0.6) is 5.75 Å². The first kappa shape index (κ1) is 25.4. The van der Waals surface area contributed by atoms with E-state index in [2.05, 4.69) is 34.9 Å². The fourth-order valence-electron chi connectivity index (χ4n) is 5.79. The van der Waals surface area contributed by atoms with E-state index in [0.717, 1.165) is 44.0 Å². The van der Waals surface area contributed by atoms with E-state index in [1.165, 1.54) is 75.5 Å². The van der Waals surface area contributed by atoms with Gasteiger partial charge in [0.05, 0.1) is 6.61 Å². The molecular weight excluding hydrogens is 444 g/mol. The molecule has 0 aromatic heterocycles. The Balaban J connectivity index is 1.20. The zero-order chi connectivity index (χ0) is 23.6. The Morgan fingerprint density at radius 1 is 0.765 bits per heavy atom. The van der Waals surface area contributed by atoms with Gasteiger partial charge in [0.2, 0.25) is 0 Å².